The fraction of sp³-hybridized carbons (Fsp3) is 0.978. The summed E-state index contributed by atoms with van der Waals surface area (Å²) in [7, 11) is 0. The first kappa shape index (κ1) is 48.4. The van der Waals surface area contributed by atoms with Crippen LogP contribution in [0.4, 0.5) is 0 Å². The molecule has 0 aromatic heterocycles. The molecular weight excluding hydrogens is 599 g/mol. The van der Waals surface area contributed by atoms with E-state index in [1.165, 1.54) is 244 Å². The number of carboxylic acids is 1. The van der Waals surface area contributed by atoms with Crippen LogP contribution in [0.2, 0.25) is 0 Å². The molecule has 0 aliphatic rings. The summed E-state index contributed by atoms with van der Waals surface area (Å²) in [6, 6.07) is 0.510. The molecule has 0 rings (SSSR count). The van der Waals surface area contributed by atoms with Crippen molar-refractivity contribution in [3.8, 4) is 0 Å². The minimum Gasteiger partial charge on any atom is -0.481 e. The number of hydrogen-bond acceptors (Lipinski definition) is 2. The Kier molecular flexibility index (Phi) is 41.4. The van der Waals surface area contributed by atoms with Gasteiger partial charge in [0, 0.05) is 12.5 Å². The molecule has 0 fully saturated rings. The van der Waals surface area contributed by atoms with Gasteiger partial charge in [0.2, 0.25) is 0 Å². The smallest absolute Gasteiger partial charge is 0.303 e. The number of aliphatic carboxylic acids is 1. The molecule has 0 radical (unpaired) electrons. The summed E-state index contributed by atoms with van der Waals surface area (Å²) in [5, 5.41) is 9.10. The maximum Gasteiger partial charge on any atom is 0.303 e. The first-order valence-corrected chi connectivity index (χ1v) is 23.1. The van der Waals surface area contributed by atoms with Crippen LogP contribution in [0.3, 0.4) is 0 Å². The van der Waals surface area contributed by atoms with Crippen LogP contribution in [0.15, 0.2) is 0 Å². The Morgan fingerprint density at radius 1 is 0.388 bits per heavy atom. The summed E-state index contributed by atoms with van der Waals surface area (Å²) in [6.07, 6.45) is 53.5. The molecule has 1 N–H and O–H groups in total. The molecule has 1 atom stereocenters. The maximum atomic E-state index is 11.0. The van der Waals surface area contributed by atoms with E-state index in [0.717, 1.165) is 12.8 Å². The highest BCUT2D eigenvalue weighted by atomic mass is 16.4. The molecule has 3 heteroatoms. The fourth-order valence-electron chi connectivity index (χ4n) is 7.72. The van der Waals surface area contributed by atoms with E-state index in [1.54, 1.807) is 0 Å². The lowest BCUT2D eigenvalue weighted by atomic mass is 10.0. The highest BCUT2D eigenvalue weighted by Gasteiger charge is 2.14. The second kappa shape index (κ2) is 41.8. The van der Waals surface area contributed by atoms with Crippen LogP contribution in [0.1, 0.15) is 271 Å². The van der Waals surface area contributed by atoms with E-state index in [2.05, 4.69) is 25.7 Å². The van der Waals surface area contributed by atoms with Gasteiger partial charge in [-0.05, 0) is 45.7 Å². The summed E-state index contributed by atoms with van der Waals surface area (Å²) < 4.78 is 0. The van der Waals surface area contributed by atoms with E-state index < -0.39 is 5.97 Å². The van der Waals surface area contributed by atoms with Crippen molar-refractivity contribution in [2.45, 2.75) is 277 Å². The van der Waals surface area contributed by atoms with Gasteiger partial charge < -0.3 is 10.0 Å². The fourth-order valence-corrected chi connectivity index (χ4v) is 7.72. The van der Waals surface area contributed by atoms with E-state index in [1.807, 2.05) is 0 Å². The van der Waals surface area contributed by atoms with Crippen LogP contribution in [0.5, 0.6) is 0 Å². The van der Waals surface area contributed by atoms with Crippen LogP contribution in [0.25, 0.3) is 0 Å². The first-order valence-electron chi connectivity index (χ1n) is 23.1. The van der Waals surface area contributed by atoms with Gasteiger partial charge in [0.1, 0.15) is 0 Å². The molecule has 0 aromatic carbocycles. The summed E-state index contributed by atoms with van der Waals surface area (Å²) in [4.78, 5) is 13.7. The van der Waals surface area contributed by atoms with Gasteiger partial charge in [-0.25, -0.2) is 0 Å². The van der Waals surface area contributed by atoms with Crippen LogP contribution < -0.4 is 0 Å². The zero-order valence-corrected chi connectivity index (χ0v) is 34.4. The van der Waals surface area contributed by atoms with Gasteiger partial charge in [-0.15, -0.1) is 0 Å². The third kappa shape index (κ3) is 40.1. The molecule has 294 valence electrons. The largest absolute Gasteiger partial charge is 0.481 e. The zero-order valence-electron chi connectivity index (χ0n) is 34.4. The van der Waals surface area contributed by atoms with E-state index in [0.29, 0.717) is 12.5 Å². The molecule has 1 unspecified atom stereocenters. The monoisotopic (exact) mass is 692 g/mol. The number of nitrogens with zero attached hydrogens (tertiary/aromatic N) is 1. The molecular formula is C46H93NO2. The quantitative estimate of drug-likeness (QED) is 0.0647. The number of hydrogen-bond donors (Lipinski definition) is 1. The number of unbranched alkanes of at least 4 members (excludes halogenated alkanes) is 34. The third-order valence-corrected chi connectivity index (χ3v) is 11.2. The topological polar surface area (TPSA) is 40.5 Å². The average molecular weight is 692 g/mol. The molecule has 0 saturated heterocycles. The molecule has 3 nitrogen and oxygen atoms in total. The molecule has 0 aliphatic heterocycles. The number of carboxylic acid groups (broad SMARTS) is 1. The average Bonchev–Trinajstić information content (AvgIpc) is 3.09. The molecule has 49 heavy (non-hydrogen) atoms. The van der Waals surface area contributed by atoms with Gasteiger partial charge in [-0.1, -0.05) is 232 Å². The standard InChI is InChI=1S/C46H93NO2/c1-4-6-8-10-12-14-16-18-20-22-24-26-28-30-32-34-36-38-43-47(45(3)41-40-42-46(48)49)44-39-37-35-33-31-29-27-25-23-21-19-17-15-13-11-9-7-5-2/h45H,4-44H2,1-3H3,(H,48,49). The van der Waals surface area contributed by atoms with E-state index in [-0.39, 0.29) is 0 Å². The van der Waals surface area contributed by atoms with Crippen molar-refractivity contribution >= 4 is 5.97 Å². The van der Waals surface area contributed by atoms with Crippen LogP contribution in [0, 0.1) is 0 Å². The predicted molar refractivity (Wildman–Crippen MR) is 220 cm³/mol. The molecule has 0 saturated carbocycles. The number of carbonyl (C=O) groups is 1. The normalized spacial score (nSPS) is 12.3. The van der Waals surface area contributed by atoms with Crippen molar-refractivity contribution in [1.29, 1.82) is 0 Å². The van der Waals surface area contributed by atoms with Gasteiger partial charge in [0.15, 0.2) is 0 Å². The second-order valence-electron chi connectivity index (χ2n) is 16.2. The molecule has 0 aromatic rings. The summed E-state index contributed by atoms with van der Waals surface area (Å²) >= 11 is 0. The summed E-state index contributed by atoms with van der Waals surface area (Å²) in [5.74, 6) is -0.647. The van der Waals surface area contributed by atoms with E-state index >= 15 is 0 Å². The molecule has 0 heterocycles. The Morgan fingerprint density at radius 3 is 0.837 bits per heavy atom. The summed E-state index contributed by atoms with van der Waals surface area (Å²) in [5.41, 5.74) is 0. The van der Waals surface area contributed by atoms with E-state index in [4.69, 9.17) is 5.11 Å². The third-order valence-electron chi connectivity index (χ3n) is 11.2. The van der Waals surface area contributed by atoms with Gasteiger partial charge in [0.05, 0.1) is 0 Å². The molecule has 0 bridgehead atoms. The van der Waals surface area contributed by atoms with Crippen LogP contribution >= 0.6 is 0 Å². The van der Waals surface area contributed by atoms with Crippen molar-refractivity contribution in [2.24, 2.45) is 0 Å². The van der Waals surface area contributed by atoms with Crippen molar-refractivity contribution in [3.05, 3.63) is 0 Å². The molecule has 0 spiro atoms. The number of rotatable bonds is 43. The predicted octanol–water partition coefficient (Wildman–Crippen LogP) is 16.0. The van der Waals surface area contributed by atoms with Crippen molar-refractivity contribution in [2.75, 3.05) is 13.1 Å². The maximum absolute atomic E-state index is 11.0. The Morgan fingerprint density at radius 2 is 0.612 bits per heavy atom. The van der Waals surface area contributed by atoms with Gasteiger partial charge in [-0.3, -0.25) is 4.79 Å². The molecule has 0 amide bonds. The lowest BCUT2D eigenvalue weighted by Gasteiger charge is -2.29. The minimum absolute atomic E-state index is 0.316. The lowest BCUT2D eigenvalue weighted by molar-refractivity contribution is -0.137. The van der Waals surface area contributed by atoms with E-state index in [9.17, 15) is 4.79 Å². The van der Waals surface area contributed by atoms with Crippen molar-refractivity contribution in [1.82, 2.24) is 4.90 Å². The highest BCUT2D eigenvalue weighted by molar-refractivity contribution is 5.66. The van der Waals surface area contributed by atoms with Crippen molar-refractivity contribution in [3.63, 3.8) is 0 Å². The van der Waals surface area contributed by atoms with Crippen molar-refractivity contribution < 1.29 is 9.90 Å². The Balaban J connectivity index is 3.77. The lowest BCUT2D eigenvalue weighted by Crippen LogP contribution is -2.35. The Hall–Kier alpha value is -0.570. The molecule has 0 aliphatic carbocycles. The van der Waals surface area contributed by atoms with Gasteiger partial charge >= 0.3 is 5.97 Å². The van der Waals surface area contributed by atoms with Crippen LogP contribution in [-0.2, 0) is 4.79 Å². The zero-order chi connectivity index (χ0) is 35.7. The Labute approximate surface area is 310 Å². The Bertz CT molecular complexity index is 582. The SMILES string of the molecule is CCCCCCCCCCCCCCCCCCCCN(CCCCCCCCCCCCCCCCCCCC)C(C)CCCC(=O)O. The van der Waals surface area contributed by atoms with Crippen LogP contribution in [-0.4, -0.2) is 35.1 Å². The second-order valence-corrected chi connectivity index (χ2v) is 16.2. The van der Waals surface area contributed by atoms with Gasteiger partial charge in [-0.2, -0.15) is 0 Å². The first-order chi connectivity index (χ1) is 24.1. The van der Waals surface area contributed by atoms with Gasteiger partial charge in [0.25, 0.3) is 0 Å². The highest BCUT2D eigenvalue weighted by Crippen LogP contribution is 2.18. The minimum atomic E-state index is -0.647. The summed E-state index contributed by atoms with van der Waals surface area (Å²) in [6.45, 7) is 9.34.